The minimum Gasteiger partial charge on any atom is -0.497 e. The average Bonchev–Trinajstić information content (AvgIpc) is 3.16. The summed E-state index contributed by atoms with van der Waals surface area (Å²) >= 11 is 0. The molecule has 0 radical (unpaired) electrons. The number of hydrogen-bond donors (Lipinski definition) is 1. The molecule has 1 amide bonds. The Morgan fingerprint density at radius 2 is 2.00 bits per heavy atom. The van der Waals surface area contributed by atoms with Crippen molar-refractivity contribution >= 4 is 24.0 Å². The quantitative estimate of drug-likeness (QED) is 0.735. The van der Waals surface area contributed by atoms with Gasteiger partial charge in [-0.3, -0.25) is 4.79 Å². The van der Waals surface area contributed by atoms with Crippen LogP contribution in [0, 0.1) is 0 Å². The third kappa shape index (κ3) is 6.15. The zero-order valence-corrected chi connectivity index (χ0v) is 16.4. The number of amides is 1. The van der Waals surface area contributed by atoms with Crippen LogP contribution in [0.1, 0.15) is 24.0 Å². The Kier molecular flexibility index (Phi) is 7.95. The Balaban J connectivity index is 0.00000261. The fourth-order valence-electron chi connectivity index (χ4n) is 3.20. The van der Waals surface area contributed by atoms with Gasteiger partial charge in [-0.15, -0.1) is 12.4 Å². The zero-order chi connectivity index (χ0) is 18.4. The molecule has 0 saturated carbocycles. The Hall–Kier alpha value is -2.24. The Labute approximate surface area is 166 Å². The lowest BCUT2D eigenvalue weighted by Crippen LogP contribution is -2.37. The van der Waals surface area contributed by atoms with Gasteiger partial charge in [0.1, 0.15) is 5.75 Å². The molecule has 1 heterocycles. The van der Waals surface area contributed by atoms with E-state index in [4.69, 9.17) is 15.2 Å². The molecule has 3 rings (SSSR count). The van der Waals surface area contributed by atoms with Gasteiger partial charge in [-0.1, -0.05) is 24.3 Å². The van der Waals surface area contributed by atoms with Crippen molar-refractivity contribution in [2.45, 2.75) is 31.9 Å². The number of halogens is 1. The maximum atomic E-state index is 13.0. The van der Waals surface area contributed by atoms with Crippen LogP contribution in [0.15, 0.2) is 48.5 Å². The van der Waals surface area contributed by atoms with Gasteiger partial charge < -0.3 is 20.1 Å². The van der Waals surface area contributed by atoms with Gasteiger partial charge in [0.25, 0.3) is 0 Å². The minimum absolute atomic E-state index is 0. The van der Waals surface area contributed by atoms with Gasteiger partial charge >= 0.3 is 0 Å². The Bertz CT molecular complexity index is 730. The molecule has 1 unspecified atom stereocenters. The van der Waals surface area contributed by atoms with Crippen molar-refractivity contribution in [2.75, 3.05) is 26.0 Å². The first-order chi connectivity index (χ1) is 12.6. The van der Waals surface area contributed by atoms with Gasteiger partial charge in [0.15, 0.2) is 0 Å². The van der Waals surface area contributed by atoms with Crippen molar-refractivity contribution in [3.05, 3.63) is 59.7 Å². The van der Waals surface area contributed by atoms with Gasteiger partial charge in [-0.05, 0) is 48.2 Å². The molecule has 2 aromatic rings. The van der Waals surface area contributed by atoms with E-state index >= 15 is 0 Å². The smallest absolute Gasteiger partial charge is 0.227 e. The summed E-state index contributed by atoms with van der Waals surface area (Å²) < 4.78 is 11.0. The lowest BCUT2D eigenvalue weighted by molar-refractivity contribution is -0.132. The van der Waals surface area contributed by atoms with Crippen LogP contribution in [0.25, 0.3) is 0 Å². The number of nitrogens with two attached hydrogens (primary N) is 1. The van der Waals surface area contributed by atoms with Crippen molar-refractivity contribution in [3.8, 4) is 5.75 Å². The zero-order valence-electron chi connectivity index (χ0n) is 15.6. The summed E-state index contributed by atoms with van der Waals surface area (Å²) in [5.41, 5.74) is 8.45. The number of rotatable bonds is 7. The third-order valence-electron chi connectivity index (χ3n) is 4.64. The van der Waals surface area contributed by atoms with E-state index in [2.05, 4.69) is 0 Å². The molecule has 0 spiro atoms. The van der Waals surface area contributed by atoms with E-state index in [0.29, 0.717) is 25.2 Å². The molecule has 1 aliphatic rings. The first-order valence-electron chi connectivity index (χ1n) is 9.01. The van der Waals surface area contributed by atoms with E-state index in [9.17, 15) is 4.79 Å². The average molecular weight is 391 g/mol. The number of carbonyl (C=O) groups is 1. The molecular formula is C21H27ClN2O3. The predicted molar refractivity (Wildman–Crippen MR) is 109 cm³/mol. The standard InChI is InChI=1S/C21H26N2O3.ClH/c1-25-19-5-2-4-17(12-19)14-23(15-20-6-3-11-26-20)21(24)13-16-7-9-18(22)10-8-16;/h2,4-5,7-10,12,20H,3,6,11,13-15,22H2,1H3;1H. The molecular weight excluding hydrogens is 364 g/mol. The molecule has 6 heteroatoms. The molecule has 27 heavy (non-hydrogen) atoms. The molecule has 146 valence electrons. The Morgan fingerprint density at radius 1 is 1.22 bits per heavy atom. The van der Waals surface area contributed by atoms with Crippen molar-refractivity contribution in [2.24, 2.45) is 0 Å². The summed E-state index contributed by atoms with van der Waals surface area (Å²) in [6.07, 6.45) is 2.54. The number of benzene rings is 2. The molecule has 1 fully saturated rings. The van der Waals surface area contributed by atoms with Crippen molar-refractivity contribution < 1.29 is 14.3 Å². The topological polar surface area (TPSA) is 64.8 Å². The van der Waals surface area contributed by atoms with E-state index in [1.54, 1.807) is 7.11 Å². The largest absolute Gasteiger partial charge is 0.497 e. The van der Waals surface area contributed by atoms with Crippen LogP contribution in [0.2, 0.25) is 0 Å². The fraction of sp³-hybridized carbons (Fsp3) is 0.381. The Morgan fingerprint density at radius 3 is 2.67 bits per heavy atom. The number of carbonyl (C=O) groups excluding carboxylic acids is 1. The summed E-state index contributed by atoms with van der Waals surface area (Å²) in [6.45, 7) is 1.94. The van der Waals surface area contributed by atoms with Gasteiger partial charge in [-0.2, -0.15) is 0 Å². The van der Waals surface area contributed by atoms with Crippen LogP contribution in [-0.2, 0) is 22.5 Å². The number of methoxy groups -OCH3 is 1. The summed E-state index contributed by atoms with van der Waals surface area (Å²) in [7, 11) is 1.65. The molecule has 1 aliphatic heterocycles. The molecule has 5 nitrogen and oxygen atoms in total. The lowest BCUT2D eigenvalue weighted by Gasteiger charge is -2.26. The van der Waals surface area contributed by atoms with E-state index in [0.717, 1.165) is 36.3 Å². The highest BCUT2D eigenvalue weighted by Crippen LogP contribution is 2.19. The molecule has 2 N–H and O–H groups in total. The van der Waals surface area contributed by atoms with Crippen LogP contribution in [-0.4, -0.2) is 37.2 Å². The first kappa shape index (κ1) is 21.1. The van der Waals surface area contributed by atoms with E-state index in [-0.39, 0.29) is 24.4 Å². The second-order valence-corrected chi connectivity index (χ2v) is 6.68. The second kappa shape index (κ2) is 10.2. The van der Waals surface area contributed by atoms with E-state index in [1.807, 2.05) is 53.4 Å². The third-order valence-corrected chi connectivity index (χ3v) is 4.64. The van der Waals surface area contributed by atoms with Crippen LogP contribution >= 0.6 is 12.4 Å². The second-order valence-electron chi connectivity index (χ2n) is 6.68. The van der Waals surface area contributed by atoms with Crippen LogP contribution in [0.4, 0.5) is 5.69 Å². The summed E-state index contributed by atoms with van der Waals surface area (Å²) in [5.74, 6) is 0.888. The molecule has 0 aliphatic carbocycles. The van der Waals surface area contributed by atoms with Crippen molar-refractivity contribution in [1.82, 2.24) is 4.90 Å². The summed E-state index contributed by atoms with van der Waals surface area (Å²) in [5, 5.41) is 0. The molecule has 1 saturated heterocycles. The van der Waals surface area contributed by atoms with Crippen LogP contribution in [0.5, 0.6) is 5.75 Å². The molecule has 1 atom stereocenters. The van der Waals surface area contributed by atoms with Crippen molar-refractivity contribution in [3.63, 3.8) is 0 Å². The van der Waals surface area contributed by atoms with Gasteiger partial charge in [0.2, 0.25) is 5.91 Å². The maximum Gasteiger partial charge on any atom is 0.227 e. The molecule has 0 bridgehead atoms. The predicted octanol–water partition coefficient (Wildman–Crippen LogP) is 3.45. The highest BCUT2D eigenvalue weighted by atomic mass is 35.5. The monoisotopic (exact) mass is 390 g/mol. The van der Waals surface area contributed by atoms with Gasteiger partial charge in [0, 0.05) is 25.4 Å². The minimum atomic E-state index is 0. The molecule has 2 aromatic carbocycles. The fourth-order valence-corrected chi connectivity index (χ4v) is 3.20. The normalized spacial score (nSPS) is 15.8. The SMILES string of the molecule is COc1cccc(CN(CC2CCCO2)C(=O)Cc2ccc(N)cc2)c1.Cl. The number of anilines is 1. The maximum absolute atomic E-state index is 13.0. The first-order valence-corrected chi connectivity index (χ1v) is 9.01. The summed E-state index contributed by atoms with van der Waals surface area (Å²) in [6, 6.07) is 15.3. The highest BCUT2D eigenvalue weighted by Gasteiger charge is 2.23. The van der Waals surface area contributed by atoms with Gasteiger partial charge in [0.05, 0.1) is 19.6 Å². The van der Waals surface area contributed by atoms with Crippen LogP contribution < -0.4 is 10.5 Å². The number of hydrogen-bond acceptors (Lipinski definition) is 4. The van der Waals surface area contributed by atoms with Gasteiger partial charge in [-0.25, -0.2) is 0 Å². The van der Waals surface area contributed by atoms with Crippen molar-refractivity contribution in [1.29, 1.82) is 0 Å². The number of nitrogen functional groups attached to an aromatic ring is 1. The molecule has 0 aromatic heterocycles. The van der Waals surface area contributed by atoms with Crippen LogP contribution in [0.3, 0.4) is 0 Å². The lowest BCUT2D eigenvalue weighted by atomic mass is 10.1. The van der Waals surface area contributed by atoms with E-state index in [1.165, 1.54) is 0 Å². The summed E-state index contributed by atoms with van der Waals surface area (Å²) in [4.78, 5) is 14.8. The number of nitrogens with zero attached hydrogens (tertiary/aromatic N) is 1. The van der Waals surface area contributed by atoms with E-state index < -0.39 is 0 Å². The number of ether oxygens (including phenoxy) is 2. The highest BCUT2D eigenvalue weighted by molar-refractivity contribution is 5.85.